The Hall–Kier alpha value is -1.33. The Morgan fingerprint density at radius 2 is 2.16 bits per heavy atom. The summed E-state index contributed by atoms with van der Waals surface area (Å²) in [6.45, 7) is -1.35. The van der Waals surface area contributed by atoms with E-state index in [-0.39, 0.29) is 21.4 Å². The predicted molar refractivity (Wildman–Crippen MR) is 67.4 cm³/mol. The van der Waals surface area contributed by atoms with Gasteiger partial charge in [-0.15, -0.1) is 0 Å². The van der Waals surface area contributed by atoms with Gasteiger partial charge in [0.15, 0.2) is 12.3 Å². The van der Waals surface area contributed by atoms with Crippen molar-refractivity contribution in [2.24, 2.45) is 0 Å². The van der Waals surface area contributed by atoms with Gasteiger partial charge in [-0.2, -0.15) is 0 Å². The molecule has 2 unspecified atom stereocenters. The molecule has 1 heterocycles. The molecule has 19 heavy (non-hydrogen) atoms. The monoisotopic (exact) mass is 308 g/mol. The number of hydrogen-bond donors (Lipinski definition) is 1. The molecule has 102 valence electrons. The Bertz CT molecular complexity index is 560. The maximum absolute atomic E-state index is 13.5. The van der Waals surface area contributed by atoms with Gasteiger partial charge in [0.25, 0.3) is 0 Å². The third kappa shape index (κ3) is 2.67. The maximum atomic E-state index is 13.5. The van der Waals surface area contributed by atoms with Crippen LogP contribution in [0.1, 0.15) is 5.56 Å². The van der Waals surface area contributed by atoms with E-state index in [1.54, 1.807) is 0 Å². The van der Waals surface area contributed by atoms with Crippen molar-refractivity contribution in [2.75, 3.05) is 6.67 Å². The first kappa shape index (κ1) is 14.1. The fourth-order valence-electron chi connectivity index (χ4n) is 1.78. The van der Waals surface area contributed by atoms with Crippen LogP contribution in [0.3, 0.4) is 0 Å². The van der Waals surface area contributed by atoms with Crippen molar-refractivity contribution < 1.29 is 23.4 Å². The molecule has 0 radical (unpaired) electrons. The van der Waals surface area contributed by atoms with Crippen LogP contribution in [0.15, 0.2) is 17.7 Å². The summed E-state index contributed by atoms with van der Waals surface area (Å²) in [6, 6.07) is 2.81. The van der Waals surface area contributed by atoms with E-state index in [4.69, 9.17) is 33.0 Å². The molecule has 1 aliphatic rings. The fraction of sp³-hybridized carbons (Fsp3) is 0.250. The average molecular weight is 309 g/mol. The molecule has 0 saturated heterocycles. The topological polar surface area (TPSA) is 46.5 Å². The van der Waals surface area contributed by atoms with Gasteiger partial charge in [-0.25, -0.2) is 13.6 Å². The lowest BCUT2D eigenvalue weighted by Gasteiger charge is -2.27. The highest BCUT2D eigenvalue weighted by atomic mass is 35.5. The van der Waals surface area contributed by atoms with Crippen molar-refractivity contribution in [3.63, 3.8) is 0 Å². The number of rotatable bonds is 3. The molecule has 0 bridgehead atoms. The summed E-state index contributed by atoms with van der Waals surface area (Å²) in [4.78, 5) is 11.1. The smallest absolute Gasteiger partial charge is 0.335 e. The molecule has 3 nitrogen and oxygen atoms in total. The standard InChI is InChI=1S/C12H8Cl2F2O3/c13-6-1-5-2-7(12(17)18)11(9(16)4-15)19-10(5)8(14)3-6/h1-3,9,11H,4H2,(H,17,18). The number of carboxylic acids is 1. The van der Waals surface area contributed by atoms with E-state index in [2.05, 4.69) is 0 Å². The van der Waals surface area contributed by atoms with Gasteiger partial charge in [0.05, 0.1) is 10.6 Å². The Balaban J connectivity index is 2.54. The number of hydrogen-bond acceptors (Lipinski definition) is 2. The Morgan fingerprint density at radius 1 is 1.47 bits per heavy atom. The molecular weight excluding hydrogens is 301 g/mol. The van der Waals surface area contributed by atoms with Gasteiger partial charge in [0.2, 0.25) is 0 Å². The lowest BCUT2D eigenvalue weighted by molar-refractivity contribution is -0.134. The molecule has 1 aliphatic heterocycles. The second-order valence-electron chi connectivity index (χ2n) is 3.92. The van der Waals surface area contributed by atoms with Gasteiger partial charge in [-0.3, -0.25) is 0 Å². The van der Waals surface area contributed by atoms with Crippen molar-refractivity contribution >= 4 is 35.2 Å². The third-order valence-corrected chi connectivity index (χ3v) is 3.12. The van der Waals surface area contributed by atoms with Gasteiger partial charge in [0, 0.05) is 10.6 Å². The molecular formula is C12H8Cl2F2O3. The summed E-state index contributed by atoms with van der Waals surface area (Å²) in [7, 11) is 0. The Morgan fingerprint density at radius 3 is 2.74 bits per heavy atom. The van der Waals surface area contributed by atoms with E-state index in [1.807, 2.05) is 0 Å². The average Bonchev–Trinajstić information content (AvgIpc) is 2.36. The van der Waals surface area contributed by atoms with Crippen LogP contribution in [0.5, 0.6) is 5.75 Å². The quantitative estimate of drug-likeness (QED) is 0.929. The first-order valence-corrected chi connectivity index (χ1v) is 6.00. The summed E-state index contributed by atoms with van der Waals surface area (Å²) in [6.07, 6.45) is -2.43. The normalized spacial score (nSPS) is 19.2. The Kier molecular flexibility index (Phi) is 3.96. The number of ether oxygens (including phenoxy) is 1. The molecule has 7 heteroatoms. The number of benzene rings is 1. The second kappa shape index (κ2) is 5.35. The van der Waals surface area contributed by atoms with Gasteiger partial charge in [-0.1, -0.05) is 23.2 Å². The lowest BCUT2D eigenvalue weighted by Crippen LogP contribution is -2.37. The summed E-state index contributed by atoms with van der Waals surface area (Å²) in [5, 5.41) is 9.41. The van der Waals surface area contributed by atoms with E-state index >= 15 is 0 Å². The van der Waals surface area contributed by atoms with E-state index in [0.717, 1.165) is 0 Å². The maximum Gasteiger partial charge on any atom is 0.335 e. The number of aliphatic carboxylic acids is 1. The molecule has 2 rings (SSSR count). The van der Waals surface area contributed by atoms with Crippen molar-refractivity contribution in [3.8, 4) is 5.75 Å². The molecule has 0 aliphatic carbocycles. The summed E-state index contributed by atoms with van der Waals surface area (Å²) in [5.41, 5.74) is -0.0619. The van der Waals surface area contributed by atoms with Crippen LogP contribution in [0.25, 0.3) is 6.08 Å². The zero-order valence-corrected chi connectivity index (χ0v) is 10.9. The lowest BCUT2D eigenvalue weighted by atomic mass is 9.99. The number of carbonyl (C=O) groups is 1. The minimum atomic E-state index is -2.08. The summed E-state index contributed by atoms with van der Waals surface area (Å²) < 4.78 is 31.1. The summed E-state index contributed by atoms with van der Waals surface area (Å²) in [5.74, 6) is -1.29. The number of fused-ring (bicyclic) bond motifs is 1. The largest absolute Gasteiger partial charge is 0.480 e. The number of halogens is 4. The van der Waals surface area contributed by atoms with E-state index < -0.39 is 24.9 Å². The third-order valence-electron chi connectivity index (χ3n) is 2.62. The minimum absolute atomic E-state index is 0.0946. The highest BCUT2D eigenvalue weighted by molar-refractivity contribution is 6.36. The first-order chi connectivity index (χ1) is 8.93. The SMILES string of the molecule is O=C(O)C1=Cc2cc(Cl)cc(Cl)c2OC1C(F)CF. The van der Waals surface area contributed by atoms with Crippen LogP contribution in [-0.2, 0) is 4.79 Å². The minimum Gasteiger partial charge on any atom is -0.480 e. The zero-order chi connectivity index (χ0) is 14.2. The van der Waals surface area contributed by atoms with Gasteiger partial charge >= 0.3 is 5.97 Å². The molecule has 1 N–H and O–H groups in total. The van der Waals surface area contributed by atoms with Crippen LogP contribution in [0.4, 0.5) is 8.78 Å². The zero-order valence-electron chi connectivity index (χ0n) is 9.37. The van der Waals surface area contributed by atoms with Gasteiger partial charge in [0.1, 0.15) is 12.4 Å². The number of carboxylic acid groups (broad SMARTS) is 1. The Labute approximate surface area is 117 Å². The van der Waals surface area contributed by atoms with Crippen LogP contribution in [0, 0.1) is 0 Å². The molecule has 1 aromatic rings. The van der Waals surface area contributed by atoms with E-state index in [1.165, 1.54) is 18.2 Å². The van der Waals surface area contributed by atoms with Crippen molar-refractivity contribution in [1.82, 2.24) is 0 Å². The van der Waals surface area contributed by atoms with Crippen molar-refractivity contribution in [2.45, 2.75) is 12.3 Å². The van der Waals surface area contributed by atoms with Gasteiger partial charge in [-0.05, 0) is 18.2 Å². The fourth-order valence-corrected chi connectivity index (χ4v) is 2.34. The molecule has 2 atom stereocenters. The molecule has 1 aromatic carbocycles. The first-order valence-electron chi connectivity index (χ1n) is 5.24. The van der Waals surface area contributed by atoms with Crippen LogP contribution >= 0.6 is 23.2 Å². The van der Waals surface area contributed by atoms with Crippen LogP contribution < -0.4 is 4.74 Å². The molecule has 0 saturated carbocycles. The molecule has 0 amide bonds. The highest BCUT2D eigenvalue weighted by Gasteiger charge is 2.35. The van der Waals surface area contributed by atoms with Crippen molar-refractivity contribution in [3.05, 3.63) is 33.3 Å². The predicted octanol–water partition coefficient (Wildman–Crippen LogP) is 3.53. The molecule has 0 aromatic heterocycles. The van der Waals surface area contributed by atoms with Crippen LogP contribution in [-0.4, -0.2) is 30.0 Å². The highest BCUT2D eigenvalue weighted by Crippen LogP contribution is 2.39. The molecule has 0 fully saturated rings. The van der Waals surface area contributed by atoms with E-state index in [9.17, 15) is 13.6 Å². The molecule has 0 spiro atoms. The summed E-state index contributed by atoms with van der Waals surface area (Å²) >= 11 is 11.7. The second-order valence-corrected chi connectivity index (χ2v) is 4.76. The van der Waals surface area contributed by atoms with Crippen LogP contribution in [0.2, 0.25) is 10.0 Å². The van der Waals surface area contributed by atoms with Gasteiger partial charge < -0.3 is 9.84 Å². The van der Waals surface area contributed by atoms with Crippen molar-refractivity contribution in [1.29, 1.82) is 0 Å². The van der Waals surface area contributed by atoms with E-state index in [0.29, 0.717) is 5.56 Å². The number of alkyl halides is 2.